The van der Waals surface area contributed by atoms with Crippen LogP contribution in [0.1, 0.15) is 24.0 Å². The number of nitrogens with zero attached hydrogens (tertiary/aromatic N) is 1. The van der Waals surface area contributed by atoms with Crippen molar-refractivity contribution in [2.75, 3.05) is 20.3 Å². The van der Waals surface area contributed by atoms with E-state index in [4.69, 9.17) is 20.9 Å². The van der Waals surface area contributed by atoms with Crippen LogP contribution in [-0.2, 0) is 22.1 Å². The first-order valence-corrected chi connectivity index (χ1v) is 9.25. The number of carbonyl (C=O) groups is 1. The van der Waals surface area contributed by atoms with Crippen LogP contribution in [0.3, 0.4) is 0 Å². The van der Waals surface area contributed by atoms with E-state index in [-0.39, 0.29) is 12.4 Å². The molecule has 0 bridgehead atoms. The zero-order valence-corrected chi connectivity index (χ0v) is 16.5. The van der Waals surface area contributed by atoms with Gasteiger partial charge in [0, 0.05) is 32.1 Å². The van der Waals surface area contributed by atoms with Crippen molar-refractivity contribution >= 4 is 11.9 Å². The van der Waals surface area contributed by atoms with E-state index < -0.39 is 17.6 Å². The molecule has 2 aromatic carbocycles. The number of alkyl halides is 3. The topological polar surface area (TPSA) is 99.9 Å². The Bertz CT molecular complexity index is 895. The Morgan fingerprint density at radius 1 is 1.10 bits per heavy atom. The summed E-state index contributed by atoms with van der Waals surface area (Å²) in [6.45, 7) is 0.821. The lowest BCUT2D eigenvalue weighted by molar-refractivity contribution is -0.137. The van der Waals surface area contributed by atoms with Gasteiger partial charge >= 0.3 is 6.18 Å². The number of amides is 1. The molecular weight excluding hydrogens is 399 g/mol. The number of rotatable bonds is 9. The van der Waals surface area contributed by atoms with Crippen LogP contribution in [-0.4, -0.2) is 32.2 Å². The highest BCUT2D eigenvalue weighted by Gasteiger charge is 2.30. The summed E-state index contributed by atoms with van der Waals surface area (Å²) in [6.07, 6.45) is -3.39. The van der Waals surface area contributed by atoms with Crippen molar-refractivity contribution in [1.82, 2.24) is 0 Å². The first kappa shape index (κ1) is 23.2. The minimum atomic E-state index is -4.44. The van der Waals surface area contributed by atoms with E-state index in [1.54, 1.807) is 31.4 Å². The largest absolute Gasteiger partial charge is 0.493 e. The molecule has 30 heavy (non-hydrogen) atoms. The second-order valence-corrected chi connectivity index (χ2v) is 6.53. The van der Waals surface area contributed by atoms with Crippen LogP contribution in [0.5, 0.6) is 5.75 Å². The van der Waals surface area contributed by atoms with Gasteiger partial charge in [0.2, 0.25) is 5.91 Å². The molecule has 0 aliphatic heterocycles. The van der Waals surface area contributed by atoms with E-state index in [1.807, 2.05) is 0 Å². The van der Waals surface area contributed by atoms with Crippen molar-refractivity contribution in [2.45, 2.75) is 25.4 Å². The van der Waals surface area contributed by atoms with Crippen LogP contribution in [0.2, 0.25) is 0 Å². The number of aryl methyl sites for hydroxylation is 1. The number of benzene rings is 2. The number of hydrogen-bond acceptors (Lipinski definition) is 3. The fourth-order valence-corrected chi connectivity index (χ4v) is 2.78. The summed E-state index contributed by atoms with van der Waals surface area (Å²) in [5.74, 6) is -0.334. The lowest BCUT2D eigenvalue weighted by Crippen LogP contribution is -2.24. The molecule has 0 radical (unpaired) electrons. The summed E-state index contributed by atoms with van der Waals surface area (Å²) in [7, 11) is 1.57. The summed E-state index contributed by atoms with van der Waals surface area (Å²) in [5, 5.41) is 0. The first-order valence-electron chi connectivity index (χ1n) is 9.25. The van der Waals surface area contributed by atoms with Crippen LogP contribution in [0.4, 0.5) is 13.2 Å². The van der Waals surface area contributed by atoms with E-state index in [9.17, 15) is 18.0 Å². The van der Waals surface area contributed by atoms with Crippen molar-refractivity contribution in [3.8, 4) is 16.9 Å². The second kappa shape index (κ2) is 10.6. The summed E-state index contributed by atoms with van der Waals surface area (Å²) < 4.78 is 50.1. The molecule has 0 aliphatic carbocycles. The maximum atomic E-state index is 13.1. The number of guanidine groups is 1. The van der Waals surface area contributed by atoms with Crippen molar-refractivity contribution in [3.63, 3.8) is 0 Å². The summed E-state index contributed by atoms with van der Waals surface area (Å²) in [5.41, 5.74) is 11.3. The average Bonchev–Trinajstić information content (AvgIpc) is 2.69. The molecule has 0 aliphatic rings. The minimum absolute atomic E-state index is 0.0872. The normalized spacial score (nSPS) is 11.2. The van der Waals surface area contributed by atoms with E-state index in [1.165, 1.54) is 6.07 Å². The monoisotopic (exact) mass is 423 g/mol. The molecule has 2 rings (SSSR count). The van der Waals surface area contributed by atoms with Crippen LogP contribution >= 0.6 is 0 Å². The molecule has 4 N–H and O–H groups in total. The predicted molar refractivity (Wildman–Crippen MR) is 108 cm³/mol. The lowest BCUT2D eigenvalue weighted by Gasteiger charge is -2.15. The Kier molecular flexibility index (Phi) is 8.23. The molecule has 9 heteroatoms. The SMILES string of the molecule is COCCCOc1cc(CCC(=O)N=C(N)N)ccc1-c1cccc(C(F)(F)F)c1. The molecule has 162 valence electrons. The highest BCUT2D eigenvalue weighted by molar-refractivity contribution is 5.91. The Hall–Kier alpha value is -3.07. The highest BCUT2D eigenvalue weighted by Crippen LogP contribution is 2.36. The lowest BCUT2D eigenvalue weighted by atomic mass is 9.99. The molecule has 0 saturated carbocycles. The van der Waals surface area contributed by atoms with Crippen molar-refractivity contribution in [1.29, 1.82) is 0 Å². The van der Waals surface area contributed by atoms with Gasteiger partial charge < -0.3 is 20.9 Å². The zero-order chi connectivity index (χ0) is 22.1. The number of ether oxygens (including phenoxy) is 2. The maximum Gasteiger partial charge on any atom is 0.416 e. The van der Waals surface area contributed by atoms with Crippen molar-refractivity contribution in [3.05, 3.63) is 53.6 Å². The Morgan fingerprint density at radius 2 is 1.87 bits per heavy atom. The van der Waals surface area contributed by atoms with Gasteiger partial charge in [0.1, 0.15) is 5.75 Å². The van der Waals surface area contributed by atoms with Crippen molar-refractivity contribution < 1.29 is 27.4 Å². The third-order valence-corrected chi connectivity index (χ3v) is 4.18. The fraction of sp³-hybridized carbons (Fsp3) is 0.333. The van der Waals surface area contributed by atoms with Gasteiger partial charge in [0.15, 0.2) is 5.96 Å². The molecule has 0 saturated heterocycles. The third-order valence-electron chi connectivity index (χ3n) is 4.18. The van der Waals surface area contributed by atoms with E-state index in [0.717, 1.165) is 17.7 Å². The van der Waals surface area contributed by atoms with Crippen LogP contribution in [0.25, 0.3) is 11.1 Å². The van der Waals surface area contributed by atoms with Gasteiger partial charge in [-0.1, -0.05) is 24.3 Å². The summed E-state index contributed by atoms with van der Waals surface area (Å²) >= 11 is 0. The predicted octanol–water partition coefficient (Wildman–Crippen LogP) is 3.52. The van der Waals surface area contributed by atoms with Gasteiger partial charge in [-0.25, -0.2) is 0 Å². The number of halogens is 3. The number of hydrogen-bond donors (Lipinski definition) is 2. The molecule has 0 unspecified atom stereocenters. The minimum Gasteiger partial charge on any atom is -0.493 e. The third kappa shape index (κ3) is 7.07. The fourth-order valence-electron chi connectivity index (χ4n) is 2.78. The zero-order valence-electron chi connectivity index (χ0n) is 16.5. The van der Waals surface area contributed by atoms with Gasteiger partial charge in [-0.05, 0) is 35.7 Å². The first-order chi connectivity index (χ1) is 14.2. The van der Waals surface area contributed by atoms with Crippen LogP contribution in [0.15, 0.2) is 47.5 Å². The molecule has 0 aromatic heterocycles. The van der Waals surface area contributed by atoms with Gasteiger partial charge in [0.25, 0.3) is 0 Å². The molecule has 2 aromatic rings. The van der Waals surface area contributed by atoms with E-state index in [0.29, 0.717) is 42.9 Å². The van der Waals surface area contributed by atoms with Gasteiger partial charge in [-0.2, -0.15) is 18.2 Å². The van der Waals surface area contributed by atoms with E-state index in [2.05, 4.69) is 4.99 Å². The number of carbonyl (C=O) groups excluding carboxylic acids is 1. The van der Waals surface area contributed by atoms with Gasteiger partial charge in [-0.15, -0.1) is 0 Å². The van der Waals surface area contributed by atoms with E-state index >= 15 is 0 Å². The van der Waals surface area contributed by atoms with Crippen molar-refractivity contribution in [2.24, 2.45) is 16.5 Å². The number of methoxy groups -OCH3 is 1. The number of nitrogens with two attached hydrogens (primary N) is 2. The molecule has 0 heterocycles. The maximum absolute atomic E-state index is 13.1. The molecule has 0 spiro atoms. The van der Waals surface area contributed by atoms with Gasteiger partial charge in [0.05, 0.1) is 12.2 Å². The van der Waals surface area contributed by atoms with Crippen LogP contribution < -0.4 is 16.2 Å². The molecule has 0 fully saturated rings. The van der Waals surface area contributed by atoms with Gasteiger partial charge in [-0.3, -0.25) is 4.79 Å². The molecule has 6 nitrogen and oxygen atoms in total. The summed E-state index contributed by atoms with van der Waals surface area (Å²) in [6, 6.07) is 10.2. The quantitative estimate of drug-likeness (QED) is 0.365. The molecular formula is C21H24F3N3O3. The smallest absolute Gasteiger partial charge is 0.416 e. The Labute approximate surface area is 172 Å². The Morgan fingerprint density at radius 3 is 2.53 bits per heavy atom. The van der Waals surface area contributed by atoms with Crippen LogP contribution in [0, 0.1) is 0 Å². The molecule has 0 atom stereocenters. The second-order valence-electron chi connectivity index (χ2n) is 6.53. The Balaban J connectivity index is 2.30. The summed E-state index contributed by atoms with van der Waals surface area (Å²) in [4.78, 5) is 15.1. The number of aliphatic imine (C=N–C) groups is 1. The highest BCUT2D eigenvalue weighted by atomic mass is 19.4. The average molecular weight is 423 g/mol. The molecule has 1 amide bonds. The standard InChI is InChI=1S/C21H24F3N3O3/c1-29-10-3-11-30-18-12-14(7-9-19(28)27-20(25)26)6-8-17(18)15-4-2-5-16(13-15)21(22,23)24/h2,4-6,8,12-13H,3,7,9-11H2,1H3,(H4,25,26,27,28).